The Labute approximate surface area is 120 Å². The first-order chi connectivity index (χ1) is 10.0. The minimum atomic E-state index is -0.964. The molecule has 6 nitrogen and oxygen atoms in total. The maximum absolute atomic E-state index is 11.9. The van der Waals surface area contributed by atoms with Gasteiger partial charge in [-0.2, -0.15) is 0 Å². The minimum Gasteiger partial charge on any atom is -0.449 e. The zero-order valence-corrected chi connectivity index (χ0v) is 11.7. The van der Waals surface area contributed by atoms with Gasteiger partial charge in [0.25, 0.3) is 5.91 Å². The van der Waals surface area contributed by atoms with E-state index in [1.54, 1.807) is 31.2 Å². The minimum absolute atomic E-state index is 0.227. The Morgan fingerprint density at radius 1 is 1.33 bits per heavy atom. The maximum Gasteiger partial charge on any atom is 0.375 e. The molecule has 0 bridgehead atoms. The molecule has 1 heterocycles. The lowest BCUT2D eigenvalue weighted by atomic mass is 10.2. The van der Waals surface area contributed by atoms with Gasteiger partial charge in [0.05, 0.1) is 5.39 Å². The van der Waals surface area contributed by atoms with E-state index in [2.05, 4.69) is 5.32 Å². The summed E-state index contributed by atoms with van der Waals surface area (Å²) in [7, 11) is 0. The zero-order chi connectivity index (χ0) is 15.4. The Balaban J connectivity index is 2.24. The van der Waals surface area contributed by atoms with Crippen LogP contribution in [0.5, 0.6) is 0 Å². The molecular formula is C15H15NO5. The zero-order valence-electron chi connectivity index (χ0n) is 11.7. The van der Waals surface area contributed by atoms with E-state index in [0.717, 1.165) is 6.07 Å². The molecule has 21 heavy (non-hydrogen) atoms. The number of rotatable bonds is 4. The van der Waals surface area contributed by atoms with E-state index in [1.165, 1.54) is 6.92 Å². The second-order valence-corrected chi connectivity index (χ2v) is 4.41. The summed E-state index contributed by atoms with van der Waals surface area (Å²) in [6.07, 6.45) is -0.964. The average Bonchev–Trinajstić information content (AvgIpc) is 2.47. The van der Waals surface area contributed by atoms with Crippen molar-refractivity contribution in [1.82, 2.24) is 5.32 Å². The molecule has 2 aromatic rings. The van der Waals surface area contributed by atoms with Crippen LogP contribution in [-0.2, 0) is 9.53 Å². The lowest BCUT2D eigenvalue weighted by molar-refractivity contribution is -0.129. The van der Waals surface area contributed by atoms with E-state index in [0.29, 0.717) is 17.5 Å². The summed E-state index contributed by atoms with van der Waals surface area (Å²) in [6, 6.07) is 7.65. The number of nitrogens with one attached hydrogen (secondary N) is 1. The predicted molar refractivity (Wildman–Crippen MR) is 76.0 cm³/mol. The molecule has 1 aromatic carbocycles. The fourth-order valence-corrected chi connectivity index (χ4v) is 1.79. The van der Waals surface area contributed by atoms with Crippen molar-refractivity contribution < 1.29 is 18.7 Å². The lowest BCUT2D eigenvalue weighted by Gasteiger charge is -2.12. The quantitative estimate of drug-likeness (QED) is 0.861. The molecule has 1 atom stereocenters. The summed E-state index contributed by atoms with van der Waals surface area (Å²) in [5, 5.41) is 2.92. The summed E-state index contributed by atoms with van der Waals surface area (Å²) >= 11 is 0. The van der Waals surface area contributed by atoms with E-state index >= 15 is 0 Å². The highest BCUT2D eigenvalue weighted by Crippen LogP contribution is 2.13. The van der Waals surface area contributed by atoms with E-state index in [-0.39, 0.29) is 11.2 Å². The van der Waals surface area contributed by atoms with Crippen LogP contribution in [0, 0.1) is 0 Å². The number of esters is 1. The first-order valence-corrected chi connectivity index (χ1v) is 6.54. The van der Waals surface area contributed by atoms with Crippen LogP contribution >= 0.6 is 0 Å². The van der Waals surface area contributed by atoms with Gasteiger partial charge in [-0.3, -0.25) is 9.59 Å². The highest BCUT2D eigenvalue weighted by molar-refractivity contribution is 5.91. The van der Waals surface area contributed by atoms with Gasteiger partial charge in [0, 0.05) is 12.6 Å². The smallest absolute Gasteiger partial charge is 0.375 e. The number of hydrogen-bond acceptors (Lipinski definition) is 5. The standard InChI is InChI=1S/C15H15NO5/c1-3-16-14(18)9(2)20-15(19)13-8-11(17)10-6-4-5-7-12(10)21-13/h4-9H,3H2,1-2H3,(H,16,18)/t9-/m0/s1. The first kappa shape index (κ1) is 14.8. The number of para-hydroxylation sites is 1. The molecule has 0 radical (unpaired) electrons. The molecular weight excluding hydrogens is 274 g/mol. The Hall–Kier alpha value is -2.63. The van der Waals surface area contributed by atoms with Gasteiger partial charge in [0.15, 0.2) is 11.5 Å². The number of ether oxygens (including phenoxy) is 1. The number of fused-ring (bicyclic) bond motifs is 1. The molecule has 1 amide bonds. The SMILES string of the molecule is CCNC(=O)[C@H](C)OC(=O)c1cc(=O)c2ccccc2o1. The third-order valence-electron chi connectivity index (χ3n) is 2.84. The van der Waals surface area contributed by atoms with E-state index in [1.807, 2.05) is 0 Å². The topological polar surface area (TPSA) is 85.6 Å². The van der Waals surface area contributed by atoms with Gasteiger partial charge in [-0.15, -0.1) is 0 Å². The Morgan fingerprint density at radius 2 is 2.05 bits per heavy atom. The number of benzene rings is 1. The van der Waals surface area contributed by atoms with Gasteiger partial charge < -0.3 is 14.5 Å². The normalized spacial score (nSPS) is 11.9. The van der Waals surface area contributed by atoms with Gasteiger partial charge >= 0.3 is 5.97 Å². The fraction of sp³-hybridized carbons (Fsp3) is 0.267. The predicted octanol–water partition coefficient (Wildman–Crippen LogP) is 1.47. The fourth-order valence-electron chi connectivity index (χ4n) is 1.79. The molecule has 110 valence electrons. The number of likely N-dealkylation sites (N-methyl/N-ethyl adjacent to an activating group) is 1. The van der Waals surface area contributed by atoms with Crippen LogP contribution in [0.25, 0.3) is 11.0 Å². The summed E-state index contributed by atoms with van der Waals surface area (Å²) in [6.45, 7) is 3.64. The first-order valence-electron chi connectivity index (χ1n) is 6.54. The van der Waals surface area contributed by atoms with Gasteiger partial charge in [-0.05, 0) is 26.0 Å². The third-order valence-corrected chi connectivity index (χ3v) is 2.84. The summed E-state index contributed by atoms with van der Waals surface area (Å²) in [4.78, 5) is 35.3. The van der Waals surface area contributed by atoms with Crippen molar-refractivity contribution in [3.05, 3.63) is 46.3 Å². The van der Waals surface area contributed by atoms with E-state index in [9.17, 15) is 14.4 Å². The van der Waals surface area contributed by atoms with Crippen molar-refractivity contribution in [2.24, 2.45) is 0 Å². The largest absolute Gasteiger partial charge is 0.449 e. The highest BCUT2D eigenvalue weighted by Gasteiger charge is 2.20. The lowest BCUT2D eigenvalue weighted by Crippen LogP contribution is -2.35. The van der Waals surface area contributed by atoms with Crippen LogP contribution < -0.4 is 10.7 Å². The molecule has 0 unspecified atom stereocenters. The molecule has 0 spiro atoms. The summed E-state index contributed by atoms with van der Waals surface area (Å²) in [5.74, 6) is -1.49. The Bertz CT molecular complexity index is 734. The van der Waals surface area contributed by atoms with Crippen LogP contribution in [-0.4, -0.2) is 24.5 Å². The van der Waals surface area contributed by atoms with Crippen molar-refractivity contribution in [3.63, 3.8) is 0 Å². The van der Waals surface area contributed by atoms with E-state index in [4.69, 9.17) is 9.15 Å². The van der Waals surface area contributed by atoms with E-state index < -0.39 is 18.0 Å². The number of carbonyl (C=O) groups is 2. The molecule has 0 aliphatic rings. The van der Waals surface area contributed by atoms with Crippen molar-refractivity contribution in [2.45, 2.75) is 20.0 Å². The average molecular weight is 289 g/mol. The monoisotopic (exact) mass is 289 g/mol. The maximum atomic E-state index is 11.9. The number of carbonyl (C=O) groups excluding carboxylic acids is 2. The van der Waals surface area contributed by atoms with Crippen molar-refractivity contribution in [3.8, 4) is 0 Å². The third kappa shape index (κ3) is 3.28. The molecule has 0 aliphatic heterocycles. The second-order valence-electron chi connectivity index (χ2n) is 4.41. The number of amides is 1. The van der Waals surface area contributed by atoms with Crippen LogP contribution in [0.4, 0.5) is 0 Å². The second kappa shape index (κ2) is 6.21. The van der Waals surface area contributed by atoms with Crippen LogP contribution in [0.2, 0.25) is 0 Å². The summed E-state index contributed by atoms with van der Waals surface area (Å²) in [5.41, 5.74) is -0.0444. The molecule has 0 saturated heterocycles. The molecule has 6 heteroatoms. The van der Waals surface area contributed by atoms with Gasteiger partial charge in [0.2, 0.25) is 5.76 Å². The van der Waals surface area contributed by atoms with Crippen LogP contribution in [0.1, 0.15) is 24.4 Å². The van der Waals surface area contributed by atoms with Gasteiger partial charge in [-0.25, -0.2) is 4.79 Å². The highest BCUT2D eigenvalue weighted by atomic mass is 16.6. The van der Waals surface area contributed by atoms with Gasteiger partial charge in [0.1, 0.15) is 5.58 Å². The molecule has 1 N–H and O–H groups in total. The Morgan fingerprint density at radius 3 is 2.76 bits per heavy atom. The van der Waals surface area contributed by atoms with Gasteiger partial charge in [-0.1, -0.05) is 12.1 Å². The molecule has 0 saturated carbocycles. The summed E-state index contributed by atoms with van der Waals surface area (Å²) < 4.78 is 10.3. The van der Waals surface area contributed by atoms with Crippen molar-refractivity contribution in [1.29, 1.82) is 0 Å². The number of hydrogen-bond donors (Lipinski definition) is 1. The molecule has 0 fully saturated rings. The van der Waals surface area contributed by atoms with Crippen LogP contribution in [0.15, 0.2) is 39.5 Å². The van der Waals surface area contributed by atoms with Crippen molar-refractivity contribution >= 4 is 22.8 Å². The Kier molecular flexibility index (Phi) is 4.37. The van der Waals surface area contributed by atoms with Crippen molar-refractivity contribution in [2.75, 3.05) is 6.54 Å². The molecule has 1 aromatic heterocycles. The molecule has 0 aliphatic carbocycles. The molecule has 2 rings (SSSR count). The van der Waals surface area contributed by atoms with Crippen LogP contribution in [0.3, 0.4) is 0 Å².